The number of nitrogens with one attached hydrogen (secondary N) is 1. The van der Waals surface area contributed by atoms with Gasteiger partial charge in [0.25, 0.3) is 0 Å². The Bertz CT molecular complexity index is 1020. The minimum Gasteiger partial charge on any atom is -0.323 e. The van der Waals surface area contributed by atoms with E-state index < -0.39 is 0 Å². The van der Waals surface area contributed by atoms with E-state index in [1.807, 2.05) is 53.3 Å². The molecule has 1 aliphatic heterocycles. The Morgan fingerprint density at radius 2 is 1.90 bits per heavy atom. The minimum absolute atomic E-state index is 0.150. The zero-order valence-electron chi connectivity index (χ0n) is 16.0. The van der Waals surface area contributed by atoms with Gasteiger partial charge >= 0.3 is 0 Å². The normalized spacial score (nSPS) is 13.9. The van der Waals surface area contributed by atoms with E-state index in [1.54, 1.807) is 17.2 Å². The van der Waals surface area contributed by atoms with Crippen molar-refractivity contribution in [3.63, 3.8) is 0 Å². The maximum absolute atomic E-state index is 12.2. The van der Waals surface area contributed by atoms with Crippen LogP contribution < -0.4 is 10.2 Å². The number of amides is 2. The molecule has 0 saturated carbocycles. The smallest absolute Gasteiger partial charge is 0.248 e. The third-order valence-electron chi connectivity index (χ3n) is 4.79. The van der Waals surface area contributed by atoms with Crippen molar-refractivity contribution in [1.29, 1.82) is 0 Å². The van der Waals surface area contributed by atoms with E-state index in [1.165, 1.54) is 11.6 Å². The van der Waals surface area contributed by atoms with Gasteiger partial charge in [0.1, 0.15) is 0 Å². The van der Waals surface area contributed by atoms with Gasteiger partial charge < -0.3 is 10.2 Å². The quantitative estimate of drug-likeness (QED) is 0.657. The van der Waals surface area contributed by atoms with Crippen molar-refractivity contribution < 1.29 is 9.59 Å². The highest BCUT2D eigenvalue weighted by molar-refractivity contribution is 6.02. The number of aromatic nitrogens is 2. The molecule has 0 radical (unpaired) electrons. The van der Waals surface area contributed by atoms with Crippen LogP contribution in [-0.2, 0) is 16.1 Å². The molecule has 2 heterocycles. The highest BCUT2D eigenvalue weighted by atomic mass is 16.2. The largest absolute Gasteiger partial charge is 0.323 e. The molecule has 0 unspecified atom stereocenters. The fraction of sp³-hybridized carbons (Fsp3) is 0.174. The number of nitrogens with zero attached hydrogens (tertiary/aromatic N) is 3. The molecule has 146 valence electrons. The second kappa shape index (κ2) is 8.56. The van der Waals surface area contributed by atoms with Crippen molar-refractivity contribution in [2.75, 3.05) is 16.8 Å². The lowest BCUT2D eigenvalue weighted by atomic mass is 10.2. The van der Waals surface area contributed by atoms with Crippen LogP contribution in [0, 0.1) is 0 Å². The summed E-state index contributed by atoms with van der Waals surface area (Å²) in [5.41, 5.74) is 3.59. The fourth-order valence-corrected chi connectivity index (χ4v) is 3.32. The highest BCUT2D eigenvalue weighted by Crippen LogP contribution is 2.23. The Morgan fingerprint density at radius 3 is 2.62 bits per heavy atom. The van der Waals surface area contributed by atoms with E-state index in [0.717, 1.165) is 24.2 Å². The van der Waals surface area contributed by atoms with Gasteiger partial charge in [-0.25, -0.2) is 0 Å². The van der Waals surface area contributed by atoms with Gasteiger partial charge in [-0.2, -0.15) is 5.10 Å². The second-order valence-corrected chi connectivity index (χ2v) is 6.98. The summed E-state index contributed by atoms with van der Waals surface area (Å²) in [6, 6.07) is 17.4. The number of hydrogen-bond acceptors (Lipinski definition) is 3. The van der Waals surface area contributed by atoms with E-state index in [4.69, 9.17) is 0 Å². The van der Waals surface area contributed by atoms with Crippen LogP contribution in [0.3, 0.4) is 0 Å². The molecule has 0 spiro atoms. The predicted molar refractivity (Wildman–Crippen MR) is 113 cm³/mol. The molecular formula is C23H22N4O2. The van der Waals surface area contributed by atoms with Gasteiger partial charge in [0.05, 0.1) is 12.7 Å². The van der Waals surface area contributed by atoms with Crippen molar-refractivity contribution in [3.8, 4) is 0 Å². The van der Waals surface area contributed by atoms with Gasteiger partial charge in [0.15, 0.2) is 0 Å². The molecule has 0 atom stereocenters. The zero-order chi connectivity index (χ0) is 20.1. The second-order valence-electron chi connectivity index (χ2n) is 6.98. The molecule has 29 heavy (non-hydrogen) atoms. The Balaban J connectivity index is 1.32. The van der Waals surface area contributed by atoms with Crippen LogP contribution in [0.15, 0.2) is 73.1 Å². The minimum atomic E-state index is -0.217. The monoisotopic (exact) mass is 386 g/mol. The van der Waals surface area contributed by atoms with Gasteiger partial charge in [-0.1, -0.05) is 30.3 Å². The number of anilines is 2. The first-order chi connectivity index (χ1) is 14.2. The van der Waals surface area contributed by atoms with Crippen LogP contribution in [0.5, 0.6) is 0 Å². The molecule has 0 aliphatic carbocycles. The lowest BCUT2D eigenvalue weighted by molar-refractivity contribution is -0.117. The van der Waals surface area contributed by atoms with Gasteiger partial charge in [0, 0.05) is 42.2 Å². The van der Waals surface area contributed by atoms with Crippen molar-refractivity contribution in [2.24, 2.45) is 0 Å². The highest BCUT2D eigenvalue weighted by Gasteiger charge is 2.21. The molecule has 2 amide bonds. The average molecular weight is 386 g/mol. The first kappa shape index (κ1) is 18.7. The van der Waals surface area contributed by atoms with Gasteiger partial charge in [-0.05, 0) is 42.3 Å². The lowest BCUT2D eigenvalue weighted by Gasteiger charge is -2.15. The average Bonchev–Trinajstić information content (AvgIpc) is 3.37. The molecule has 1 aliphatic rings. The van der Waals surface area contributed by atoms with Crippen molar-refractivity contribution in [3.05, 3.63) is 84.2 Å². The molecule has 1 N–H and O–H groups in total. The van der Waals surface area contributed by atoms with Crippen LogP contribution in [0.4, 0.5) is 11.4 Å². The standard InChI is InChI=1S/C23H22N4O2/c28-22(25-20-9-11-21(12-10-20)27-14-4-7-23(27)29)13-8-19-15-24-26(17-19)16-18-5-2-1-3-6-18/h1-3,5-6,8-13,15,17H,4,7,14,16H2,(H,25,28)/b13-8+. The van der Waals surface area contributed by atoms with E-state index >= 15 is 0 Å². The molecule has 4 rings (SSSR count). The van der Waals surface area contributed by atoms with Crippen molar-refractivity contribution in [1.82, 2.24) is 9.78 Å². The number of hydrogen-bond donors (Lipinski definition) is 1. The first-order valence-corrected chi connectivity index (χ1v) is 9.63. The summed E-state index contributed by atoms with van der Waals surface area (Å²) >= 11 is 0. The topological polar surface area (TPSA) is 67.2 Å². The Kier molecular flexibility index (Phi) is 5.52. The number of carbonyl (C=O) groups excluding carboxylic acids is 2. The Labute approximate surface area is 169 Å². The van der Waals surface area contributed by atoms with E-state index in [-0.39, 0.29) is 11.8 Å². The summed E-state index contributed by atoms with van der Waals surface area (Å²) in [5.74, 6) is -0.0664. The van der Waals surface area contributed by atoms with Crippen LogP contribution in [0.25, 0.3) is 6.08 Å². The molecule has 1 aromatic heterocycles. The molecule has 1 fully saturated rings. The van der Waals surface area contributed by atoms with E-state index in [2.05, 4.69) is 22.5 Å². The molecule has 2 aromatic carbocycles. The maximum Gasteiger partial charge on any atom is 0.248 e. The predicted octanol–water partition coefficient (Wildman–Crippen LogP) is 3.71. The third-order valence-corrected chi connectivity index (χ3v) is 4.79. The van der Waals surface area contributed by atoms with Crippen molar-refractivity contribution in [2.45, 2.75) is 19.4 Å². The van der Waals surface area contributed by atoms with Gasteiger partial charge in [-0.3, -0.25) is 14.3 Å². The summed E-state index contributed by atoms with van der Waals surface area (Å²) in [6.07, 6.45) is 8.35. The summed E-state index contributed by atoms with van der Waals surface area (Å²) < 4.78 is 1.84. The molecule has 6 heteroatoms. The number of benzene rings is 2. The van der Waals surface area contributed by atoms with Crippen LogP contribution in [0.1, 0.15) is 24.0 Å². The van der Waals surface area contributed by atoms with Crippen LogP contribution in [-0.4, -0.2) is 28.1 Å². The fourth-order valence-electron chi connectivity index (χ4n) is 3.32. The summed E-state index contributed by atoms with van der Waals surface area (Å²) in [6.45, 7) is 1.44. The first-order valence-electron chi connectivity index (χ1n) is 9.63. The molecule has 0 bridgehead atoms. The Morgan fingerprint density at radius 1 is 1.10 bits per heavy atom. The summed E-state index contributed by atoms with van der Waals surface area (Å²) in [4.78, 5) is 25.8. The molecule has 6 nitrogen and oxygen atoms in total. The van der Waals surface area contributed by atoms with Gasteiger partial charge in [0.2, 0.25) is 11.8 Å². The number of carbonyl (C=O) groups is 2. The maximum atomic E-state index is 12.2. The third kappa shape index (κ3) is 4.79. The molecular weight excluding hydrogens is 364 g/mol. The zero-order valence-corrected chi connectivity index (χ0v) is 16.0. The lowest BCUT2D eigenvalue weighted by Crippen LogP contribution is -2.23. The van der Waals surface area contributed by atoms with E-state index in [9.17, 15) is 9.59 Å². The summed E-state index contributed by atoms with van der Waals surface area (Å²) in [5, 5.41) is 7.16. The molecule has 3 aromatic rings. The van der Waals surface area contributed by atoms with Crippen LogP contribution in [0.2, 0.25) is 0 Å². The summed E-state index contributed by atoms with van der Waals surface area (Å²) in [7, 11) is 0. The SMILES string of the molecule is O=C(/C=C/c1cnn(Cc2ccccc2)c1)Nc1ccc(N2CCCC2=O)cc1. The molecule has 1 saturated heterocycles. The van der Waals surface area contributed by atoms with Crippen LogP contribution >= 0.6 is 0 Å². The van der Waals surface area contributed by atoms with Crippen molar-refractivity contribution >= 4 is 29.3 Å². The number of rotatable bonds is 6. The Hall–Kier alpha value is -3.67. The van der Waals surface area contributed by atoms with Gasteiger partial charge in [-0.15, -0.1) is 0 Å². The van der Waals surface area contributed by atoms with E-state index in [0.29, 0.717) is 18.7 Å².